The number of hydrogen-bond acceptors (Lipinski definition) is 4. The van der Waals surface area contributed by atoms with Crippen molar-refractivity contribution < 1.29 is 14.7 Å². The second-order valence-corrected chi connectivity index (χ2v) is 4.74. The van der Waals surface area contributed by atoms with Gasteiger partial charge in [0.05, 0.1) is 10.9 Å². The van der Waals surface area contributed by atoms with Crippen LogP contribution in [0.4, 0.5) is 4.79 Å². The third-order valence-electron chi connectivity index (χ3n) is 2.46. The Kier molecular flexibility index (Phi) is 6.13. The van der Waals surface area contributed by atoms with Gasteiger partial charge in [-0.25, -0.2) is 9.78 Å². The Morgan fingerprint density at radius 2 is 2.28 bits per heavy atom. The molecule has 2 amide bonds. The zero-order valence-corrected chi connectivity index (χ0v) is 11.0. The van der Waals surface area contributed by atoms with Gasteiger partial charge in [-0.05, 0) is 6.42 Å². The number of aromatic nitrogens is 1. The summed E-state index contributed by atoms with van der Waals surface area (Å²) in [5.41, 5.74) is 0. The number of rotatable bonds is 7. The van der Waals surface area contributed by atoms with Gasteiger partial charge in [0.2, 0.25) is 0 Å². The number of aliphatic carboxylic acids is 1. The van der Waals surface area contributed by atoms with E-state index >= 15 is 0 Å². The topological polar surface area (TPSA) is 91.3 Å². The SMILES string of the molecule is CCC(CNC(=O)NCCc1nccs1)C(=O)O. The zero-order valence-electron chi connectivity index (χ0n) is 10.2. The van der Waals surface area contributed by atoms with Gasteiger partial charge in [-0.1, -0.05) is 6.92 Å². The molecule has 1 unspecified atom stereocenters. The van der Waals surface area contributed by atoms with Crippen LogP contribution in [0.5, 0.6) is 0 Å². The van der Waals surface area contributed by atoms with Gasteiger partial charge in [0, 0.05) is 31.1 Å². The van der Waals surface area contributed by atoms with Crippen LogP contribution < -0.4 is 10.6 Å². The van der Waals surface area contributed by atoms with Gasteiger partial charge in [0.15, 0.2) is 0 Å². The van der Waals surface area contributed by atoms with Gasteiger partial charge < -0.3 is 15.7 Å². The van der Waals surface area contributed by atoms with Crippen molar-refractivity contribution in [3.63, 3.8) is 0 Å². The highest BCUT2D eigenvalue weighted by molar-refractivity contribution is 7.09. The van der Waals surface area contributed by atoms with Crippen molar-refractivity contribution in [1.82, 2.24) is 15.6 Å². The Hall–Kier alpha value is -1.63. The molecule has 100 valence electrons. The smallest absolute Gasteiger partial charge is 0.314 e. The average Bonchev–Trinajstić information content (AvgIpc) is 2.82. The maximum absolute atomic E-state index is 11.4. The maximum atomic E-state index is 11.4. The quantitative estimate of drug-likeness (QED) is 0.692. The molecule has 0 saturated carbocycles. The summed E-state index contributed by atoms with van der Waals surface area (Å²) in [4.78, 5) is 26.2. The van der Waals surface area contributed by atoms with Gasteiger partial charge in [-0.3, -0.25) is 4.79 Å². The van der Waals surface area contributed by atoms with Crippen molar-refractivity contribution in [2.24, 2.45) is 5.92 Å². The lowest BCUT2D eigenvalue weighted by Gasteiger charge is -2.11. The van der Waals surface area contributed by atoms with Gasteiger partial charge >= 0.3 is 12.0 Å². The number of amides is 2. The van der Waals surface area contributed by atoms with Crippen LogP contribution in [0.15, 0.2) is 11.6 Å². The molecular formula is C11H17N3O3S. The molecule has 0 fully saturated rings. The summed E-state index contributed by atoms with van der Waals surface area (Å²) in [6.07, 6.45) is 2.90. The summed E-state index contributed by atoms with van der Waals surface area (Å²) >= 11 is 1.54. The van der Waals surface area contributed by atoms with Crippen LogP contribution in [-0.2, 0) is 11.2 Å². The first-order valence-corrected chi connectivity index (χ1v) is 6.64. The number of nitrogens with one attached hydrogen (secondary N) is 2. The third-order valence-corrected chi connectivity index (χ3v) is 3.30. The molecule has 0 aromatic carbocycles. The molecule has 1 aromatic heterocycles. The van der Waals surface area contributed by atoms with Crippen molar-refractivity contribution in [2.45, 2.75) is 19.8 Å². The van der Waals surface area contributed by atoms with Crippen LogP contribution in [0.3, 0.4) is 0 Å². The molecule has 6 nitrogen and oxygen atoms in total. The van der Waals surface area contributed by atoms with Gasteiger partial charge in [0.1, 0.15) is 0 Å². The fourth-order valence-electron chi connectivity index (χ4n) is 1.34. The molecule has 0 spiro atoms. The molecule has 1 atom stereocenters. The summed E-state index contributed by atoms with van der Waals surface area (Å²) in [5.74, 6) is -1.42. The molecule has 18 heavy (non-hydrogen) atoms. The molecule has 3 N–H and O–H groups in total. The Morgan fingerprint density at radius 3 is 2.83 bits per heavy atom. The number of hydrogen-bond donors (Lipinski definition) is 3. The summed E-state index contributed by atoms with van der Waals surface area (Å²) in [5, 5.41) is 16.9. The number of carboxylic acids is 1. The predicted molar refractivity (Wildman–Crippen MR) is 68.6 cm³/mol. The first-order chi connectivity index (χ1) is 8.63. The molecule has 1 aromatic rings. The van der Waals surface area contributed by atoms with Crippen LogP contribution in [0.2, 0.25) is 0 Å². The Labute approximate surface area is 109 Å². The van der Waals surface area contributed by atoms with E-state index in [0.717, 1.165) is 5.01 Å². The molecule has 0 aliphatic carbocycles. The van der Waals surface area contributed by atoms with E-state index in [1.165, 1.54) is 11.3 Å². The van der Waals surface area contributed by atoms with E-state index in [-0.39, 0.29) is 12.6 Å². The average molecular weight is 271 g/mol. The standard InChI is InChI=1S/C11H17N3O3S/c1-2-8(10(15)16)7-14-11(17)13-4-3-9-12-5-6-18-9/h5-6,8H,2-4,7H2,1H3,(H,15,16)(H2,13,14,17). The summed E-state index contributed by atoms with van der Waals surface area (Å²) in [6.45, 7) is 2.42. The van der Waals surface area contributed by atoms with Crippen molar-refractivity contribution in [3.8, 4) is 0 Å². The summed E-state index contributed by atoms with van der Waals surface area (Å²) in [6, 6.07) is -0.341. The first-order valence-electron chi connectivity index (χ1n) is 5.76. The monoisotopic (exact) mass is 271 g/mol. The Balaban J connectivity index is 2.15. The Bertz CT molecular complexity index is 381. The van der Waals surface area contributed by atoms with E-state index in [9.17, 15) is 9.59 Å². The van der Waals surface area contributed by atoms with Crippen LogP contribution in [0.1, 0.15) is 18.4 Å². The zero-order chi connectivity index (χ0) is 13.4. The fraction of sp³-hybridized carbons (Fsp3) is 0.545. The highest BCUT2D eigenvalue weighted by Crippen LogP contribution is 2.03. The molecule has 0 bridgehead atoms. The number of thiazole rings is 1. The highest BCUT2D eigenvalue weighted by Gasteiger charge is 2.15. The van der Waals surface area contributed by atoms with Crippen molar-refractivity contribution in [2.75, 3.05) is 13.1 Å². The number of nitrogens with zero attached hydrogens (tertiary/aromatic N) is 1. The van der Waals surface area contributed by atoms with Crippen LogP contribution in [-0.4, -0.2) is 35.2 Å². The minimum absolute atomic E-state index is 0.148. The van der Waals surface area contributed by atoms with Crippen molar-refractivity contribution in [3.05, 3.63) is 16.6 Å². The van der Waals surface area contributed by atoms with E-state index < -0.39 is 11.9 Å². The summed E-state index contributed by atoms with van der Waals surface area (Å²) in [7, 11) is 0. The minimum Gasteiger partial charge on any atom is -0.481 e. The van der Waals surface area contributed by atoms with E-state index in [4.69, 9.17) is 5.11 Å². The van der Waals surface area contributed by atoms with Crippen LogP contribution >= 0.6 is 11.3 Å². The lowest BCUT2D eigenvalue weighted by Crippen LogP contribution is -2.40. The number of urea groups is 1. The number of carboxylic acid groups (broad SMARTS) is 1. The Morgan fingerprint density at radius 1 is 1.50 bits per heavy atom. The highest BCUT2D eigenvalue weighted by atomic mass is 32.1. The largest absolute Gasteiger partial charge is 0.481 e. The minimum atomic E-state index is -0.888. The normalized spacial score (nSPS) is 11.8. The van der Waals surface area contributed by atoms with Crippen LogP contribution in [0, 0.1) is 5.92 Å². The number of carbonyl (C=O) groups excluding carboxylic acids is 1. The van der Waals surface area contributed by atoms with Gasteiger partial charge in [-0.2, -0.15) is 0 Å². The third kappa shape index (κ3) is 5.13. The second kappa shape index (κ2) is 7.65. The second-order valence-electron chi connectivity index (χ2n) is 3.76. The lowest BCUT2D eigenvalue weighted by atomic mass is 10.1. The van der Waals surface area contributed by atoms with E-state index in [2.05, 4.69) is 15.6 Å². The van der Waals surface area contributed by atoms with E-state index in [0.29, 0.717) is 19.4 Å². The molecular weight excluding hydrogens is 254 g/mol. The van der Waals surface area contributed by atoms with Gasteiger partial charge in [0.25, 0.3) is 0 Å². The molecule has 7 heteroatoms. The van der Waals surface area contributed by atoms with Crippen molar-refractivity contribution >= 4 is 23.3 Å². The predicted octanol–water partition coefficient (Wildman–Crippen LogP) is 1.10. The molecule has 0 saturated heterocycles. The molecule has 1 rings (SSSR count). The van der Waals surface area contributed by atoms with E-state index in [1.54, 1.807) is 13.1 Å². The number of carbonyl (C=O) groups is 2. The fourth-order valence-corrected chi connectivity index (χ4v) is 1.96. The lowest BCUT2D eigenvalue weighted by molar-refractivity contribution is -0.141. The summed E-state index contributed by atoms with van der Waals surface area (Å²) < 4.78 is 0. The maximum Gasteiger partial charge on any atom is 0.314 e. The molecule has 1 heterocycles. The van der Waals surface area contributed by atoms with Gasteiger partial charge in [-0.15, -0.1) is 11.3 Å². The molecule has 0 aliphatic heterocycles. The molecule has 0 radical (unpaired) electrons. The molecule has 0 aliphatic rings. The van der Waals surface area contributed by atoms with Crippen molar-refractivity contribution in [1.29, 1.82) is 0 Å². The van der Waals surface area contributed by atoms with E-state index in [1.807, 2.05) is 5.38 Å². The van der Waals surface area contributed by atoms with Crippen LogP contribution in [0.25, 0.3) is 0 Å². The first kappa shape index (κ1) is 14.4.